The summed E-state index contributed by atoms with van der Waals surface area (Å²) >= 11 is 0. The number of hydrogen-bond acceptors (Lipinski definition) is 7. The lowest BCUT2D eigenvalue weighted by Crippen LogP contribution is -2.32. The number of benzene rings is 2. The van der Waals surface area contributed by atoms with Crippen LogP contribution in [0.4, 0.5) is 11.4 Å². The summed E-state index contributed by atoms with van der Waals surface area (Å²) in [6, 6.07) is 12.4. The lowest BCUT2D eigenvalue weighted by molar-refractivity contribution is -0.123. The Bertz CT molecular complexity index is 1260. The van der Waals surface area contributed by atoms with E-state index in [2.05, 4.69) is 5.32 Å². The molecule has 0 radical (unpaired) electrons. The summed E-state index contributed by atoms with van der Waals surface area (Å²) in [4.78, 5) is 64.3. The van der Waals surface area contributed by atoms with E-state index < -0.39 is 24.5 Å². The molecule has 1 N–H and O–H groups in total. The molecule has 9 nitrogen and oxygen atoms in total. The smallest absolute Gasteiger partial charge is 0.338 e. The van der Waals surface area contributed by atoms with Crippen LogP contribution >= 0.6 is 0 Å². The summed E-state index contributed by atoms with van der Waals surface area (Å²) in [5, 5.41) is 2.60. The summed E-state index contributed by atoms with van der Waals surface area (Å²) in [6.45, 7) is 3.67. The van der Waals surface area contributed by atoms with E-state index >= 15 is 0 Å². The number of hydrogen-bond donors (Lipinski definition) is 1. The first-order chi connectivity index (χ1) is 18.2. The van der Waals surface area contributed by atoms with E-state index in [4.69, 9.17) is 9.47 Å². The van der Waals surface area contributed by atoms with Gasteiger partial charge in [-0.2, -0.15) is 0 Å². The Morgan fingerprint density at radius 3 is 2.16 bits per heavy atom. The van der Waals surface area contributed by atoms with E-state index in [0.29, 0.717) is 23.5 Å². The van der Waals surface area contributed by atoms with Gasteiger partial charge in [0.2, 0.25) is 11.8 Å². The molecule has 2 saturated carbocycles. The standard InChI is InChI=1S/C29H30N2O7/c1-16(2)14-37-28(35)17-8-10-21(11-9-17)30-23(32)15-38-29(36)20-4-3-5-22(13-20)31-26(33)24-18-6-7-19(12-18)25(24)27(31)34/h3-5,8-11,13,16,18-19,24-25H,6-7,12,14-15H2,1-2H3,(H,30,32)/t18-,19-,24+,25+/m0/s1. The number of carbonyl (C=O) groups is 5. The van der Waals surface area contributed by atoms with E-state index in [9.17, 15) is 24.0 Å². The van der Waals surface area contributed by atoms with Gasteiger partial charge in [0.15, 0.2) is 6.61 Å². The molecule has 198 valence electrons. The minimum atomic E-state index is -0.746. The number of fused-ring (bicyclic) bond motifs is 5. The van der Waals surface area contributed by atoms with Gasteiger partial charge in [-0.1, -0.05) is 19.9 Å². The monoisotopic (exact) mass is 518 g/mol. The summed E-state index contributed by atoms with van der Waals surface area (Å²) in [5.74, 6) is -1.85. The van der Waals surface area contributed by atoms with Crippen LogP contribution in [0.5, 0.6) is 0 Å². The highest BCUT2D eigenvalue weighted by molar-refractivity contribution is 6.22. The van der Waals surface area contributed by atoms with Crippen LogP contribution in [0.15, 0.2) is 48.5 Å². The van der Waals surface area contributed by atoms with Gasteiger partial charge in [-0.15, -0.1) is 0 Å². The van der Waals surface area contributed by atoms with E-state index in [0.717, 1.165) is 19.3 Å². The Kier molecular flexibility index (Phi) is 7.01. The van der Waals surface area contributed by atoms with Gasteiger partial charge in [-0.3, -0.25) is 19.3 Å². The van der Waals surface area contributed by atoms with Crippen LogP contribution in [0.2, 0.25) is 0 Å². The second-order valence-corrected chi connectivity index (χ2v) is 10.6. The van der Waals surface area contributed by atoms with Gasteiger partial charge in [0.25, 0.3) is 5.91 Å². The van der Waals surface area contributed by atoms with Crippen molar-refractivity contribution >= 4 is 41.0 Å². The Morgan fingerprint density at radius 2 is 1.53 bits per heavy atom. The maximum Gasteiger partial charge on any atom is 0.338 e. The average molecular weight is 519 g/mol. The quantitative estimate of drug-likeness (QED) is 0.417. The summed E-state index contributed by atoms with van der Waals surface area (Å²) < 4.78 is 10.3. The molecule has 2 aromatic rings. The molecule has 2 aromatic carbocycles. The van der Waals surface area contributed by atoms with Gasteiger partial charge in [-0.05, 0) is 79.5 Å². The van der Waals surface area contributed by atoms with Crippen molar-refractivity contribution in [3.8, 4) is 0 Å². The minimum absolute atomic E-state index is 0.139. The highest BCUT2D eigenvalue weighted by Gasteiger charge is 2.61. The van der Waals surface area contributed by atoms with Crippen molar-refractivity contribution in [1.82, 2.24) is 0 Å². The van der Waals surface area contributed by atoms with Crippen molar-refractivity contribution in [2.24, 2.45) is 29.6 Å². The molecule has 0 unspecified atom stereocenters. The fraction of sp³-hybridized carbons (Fsp3) is 0.414. The second kappa shape index (κ2) is 10.4. The molecule has 38 heavy (non-hydrogen) atoms. The fourth-order valence-corrected chi connectivity index (χ4v) is 5.86. The largest absolute Gasteiger partial charge is 0.462 e. The van der Waals surface area contributed by atoms with Crippen molar-refractivity contribution < 1.29 is 33.4 Å². The third-order valence-corrected chi connectivity index (χ3v) is 7.55. The van der Waals surface area contributed by atoms with Crippen LogP contribution in [-0.4, -0.2) is 42.9 Å². The minimum Gasteiger partial charge on any atom is -0.462 e. The molecule has 5 rings (SSSR count). The number of anilines is 2. The molecule has 3 amide bonds. The van der Waals surface area contributed by atoms with Gasteiger partial charge in [0.1, 0.15) is 0 Å². The molecule has 2 bridgehead atoms. The number of rotatable bonds is 8. The summed E-state index contributed by atoms with van der Waals surface area (Å²) in [6.07, 6.45) is 2.92. The normalized spacial score (nSPS) is 23.5. The zero-order valence-electron chi connectivity index (χ0n) is 21.3. The number of imide groups is 1. The number of nitrogens with zero attached hydrogens (tertiary/aromatic N) is 1. The molecule has 2 aliphatic carbocycles. The Morgan fingerprint density at radius 1 is 0.895 bits per heavy atom. The molecule has 0 aromatic heterocycles. The van der Waals surface area contributed by atoms with Gasteiger partial charge < -0.3 is 14.8 Å². The van der Waals surface area contributed by atoms with E-state index in [1.807, 2.05) is 13.8 Å². The van der Waals surface area contributed by atoms with E-state index in [-0.39, 0.29) is 47.0 Å². The van der Waals surface area contributed by atoms with Crippen LogP contribution < -0.4 is 10.2 Å². The van der Waals surface area contributed by atoms with Gasteiger partial charge in [-0.25, -0.2) is 9.59 Å². The fourth-order valence-electron chi connectivity index (χ4n) is 5.86. The van der Waals surface area contributed by atoms with Crippen LogP contribution in [0.25, 0.3) is 0 Å². The summed E-state index contributed by atoms with van der Waals surface area (Å²) in [7, 11) is 0. The lowest BCUT2D eigenvalue weighted by atomic mass is 9.81. The maximum absolute atomic E-state index is 13.1. The lowest BCUT2D eigenvalue weighted by Gasteiger charge is -2.19. The van der Waals surface area contributed by atoms with Crippen LogP contribution in [-0.2, 0) is 23.9 Å². The number of carbonyl (C=O) groups excluding carboxylic acids is 5. The van der Waals surface area contributed by atoms with Crippen LogP contribution in [0, 0.1) is 29.6 Å². The maximum atomic E-state index is 13.1. The predicted octanol–water partition coefficient (Wildman–Crippen LogP) is 3.83. The van der Waals surface area contributed by atoms with E-state index in [1.54, 1.807) is 24.3 Å². The predicted molar refractivity (Wildman–Crippen MR) is 137 cm³/mol. The Labute approximate surface area is 220 Å². The van der Waals surface area contributed by atoms with Crippen molar-refractivity contribution in [1.29, 1.82) is 0 Å². The van der Waals surface area contributed by atoms with Crippen molar-refractivity contribution in [3.63, 3.8) is 0 Å². The zero-order valence-corrected chi connectivity index (χ0v) is 21.3. The number of esters is 2. The summed E-state index contributed by atoms with van der Waals surface area (Å²) in [5.41, 5.74) is 1.28. The highest BCUT2D eigenvalue weighted by Crippen LogP contribution is 2.56. The second-order valence-electron chi connectivity index (χ2n) is 10.6. The average Bonchev–Trinajstić information content (AvgIpc) is 3.59. The van der Waals surface area contributed by atoms with Gasteiger partial charge in [0.05, 0.1) is 35.3 Å². The van der Waals surface area contributed by atoms with Crippen molar-refractivity contribution in [2.75, 3.05) is 23.4 Å². The third-order valence-electron chi connectivity index (χ3n) is 7.55. The molecular formula is C29H30N2O7. The molecule has 3 aliphatic rings. The molecule has 1 aliphatic heterocycles. The van der Waals surface area contributed by atoms with Crippen LogP contribution in [0.1, 0.15) is 53.8 Å². The SMILES string of the molecule is CC(C)COC(=O)c1ccc(NC(=O)COC(=O)c2cccc(N3C(=O)[C@@H]4[C@H]5CC[C@@H](C5)[C@H]4C3=O)c2)cc1. The molecule has 4 atom stereocenters. The van der Waals surface area contributed by atoms with Crippen molar-refractivity contribution in [2.45, 2.75) is 33.1 Å². The molecule has 1 saturated heterocycles. The third kappa shape index (κ3) is 4.92. The number of nitrogens with one attached hydrogen (secondary N) is 1. The first-order valence-electron chi connectivity index (χ1n) is 12.9. The molecule has 9 heteroatoms. The van der Waals surface area contributed by atoms with Gasteiger partial charge in [0, 0.05) is 5.69 Å². The topological polar surface area (TPSA) is 119 Å². The molecule has 3 fully saturated rings. The van der Waals surface area contributed by atoms with Crippen molar-refractivity contribution in [3.05, 3.63) is 59.7 Å². The molecule has 1 heterocycles. The first kappa shape index (κ1) is 25.6. The number of amides is 3. The zero-order chi connectivity index (χ0) is 27.0. The molecular weight excluding hydrogens is 488 g/mol. The highest BCUT2D eigenvalue weighted by atomic mass is 16.5. The first-order valence-corrected chi connectivity index (χ1v) is 12.9. The Hall–Kier alpha value is -4.01. The van der Waals surface area contributed by atoms with Crippen LogP contribution in [0.3, 0.4) is 0 Å². The van der Waals surface area contributed by atoms with Gasteiger partial charge >= 0.3 is 11.9 Å². The Balaban J connectivity index is 1.16. The molecule has 0 spiro atoms. The number of ether oxygens (including phenoxy) is 2. The van der Waals surface area contributed by atoms with E-state index in [1.165, 1.54) is 29.2 Å².